The minimum Gasteiger partial charge on any atom is -0.444 e. The number of hydrogen-bond acceptors (Lipinski definition) is 8. The topological polar surface area (TPSA) is 86.7 Å². The van der Waals surface area contributed by atoms with Gasteiger partial charge in [0.2, 0.25) is 0 Å². The van der Waals surface area contributed by atoms with Crippen molar-refractivity contribution < 1.29 is 18.4 Å². The molecule has 5 rings (SSSR count). The summed E-state index contributed by atoms with van der Waals surface area (Å²) in [5.74, 6) is 4.15. The maximum Gasteiger partial charge on any atom is 0.258 e. The van der Waals surface area contributed by atoms with Crippen LogP contribution in [0.2, 0.25) is 0 Å². The van der Waals surface area contributed by atoms with Crippen LogP contribution in [0.1, 0.15) is 73.7 Å². The zero-order chi connectivity index (χ0) is 19.0. The molecule has 0 radical (unpaired) electrons. The minimum atomic E-state index is -0.493. The molecule has 28 heavy (non-hydrogen) atoms. The molecule has 0 bridgehead atoms. The van der Waals surface area contributed by atoms with Gasteiger partial charge in [0.05, 0.1) is 12.7 Å². The van der Waals surface area contributed by atoms with Gasteiger partial charge >= 0.3 is 0 Å². The molecule has 8 nitrogen and oxygen atoms in total. The second-order valence-corrected chi connectivity index (χ2v) is 8.26. The van der Waals surface area contributed by atoms with Gasteiger partial charge in [-0.2, -0.15) is 4.98 Å². The Balaban J connectivity index is 1.22. The Morgan fingerprint density at radius 2 is 1.93 bits per heavy atom. The lowest BCUT2D eigenvalue weighted by molar-refractivity contribution is -0.0844. The van der Waals surface area contributed by atoms with Crippen molar-refractivity contribution in [1.29, 1.82) is 0 Å². The normalized spacial score (nSPS) is 23.9. The maximum absolute atomic E-state index is 5.92. The molecule has 1 saturated carbocycles. The van der Waals surface area contributed by atoms with Gasteiger partial charge in [-0.1, -0.05) is 5.16 Å². The summed E-state index contributed by atoms with van der Waals surface area (Å²) in [4.78, 5) is 11.5. The first-order valence-corrected chi connectivity index (χ1v) is 10.4. The quantitative estimate of drug-likeness (QED) is 0.746. The number of hydrogen-bond donors (Lipinski definition) is 0. The molecule has 3 fully saturated rings. The minimum absolute atomic E-state index is 0.326. The summed E-state index contributed by atoms with van der Waals surface area (Å²) in [6.07, 6.45) is 7.84. The number of rotatable bonds is 6. The largest absolute Gasteiger partial charge is 0.444 e. The van der Waals surface area contributed by atoms with Gasteiger partial charge in [0, 0.05) is 45.2 Å². The van der Waals surface area contributed by atoms with E-state index in [4.69, 9.17) is 23.4 Å². The van der Waals surface area contributed by atoms with Crippen molar-refractivity contribution in [3.05, 3.63) is 29.6 Å². The lowest BCUT2D eigenvalue weighted by Gasteiger charge is -2.37. The van der Waals surface area contributed by atoms with Gasteiger partial charge in [-0.25, -0.2) is 4.98 Å². The fourth-order valence-electron chi connectivity index (χ4n) is 4.25. The van der Waals surface area contributed by atoms with E-state index in [-0.39, 0.29) is 0 Å². The monoisotopic (exact) mass is 388 g/mol. The molecule has 0 aromatic carbocycles. The summed E-state index contributed by atoms with van der Waals surface area (Å²) in [5, 5.41) is 4.26. The first-order chi connectivity index (χ1) is 13.8. The molecule has 0 N–H and O–H groups in total. The number of oxazole rings is 1. The SMILES string of the molecule is COC1(c2nc(C3CCOCC3)no2)CCN(Cc2cnc(C3CC3)o2)CC1. The van der Waals surface area contributed by atoms with Gasteiger partial charge < -0.3 is 18.4 Å². The van der Waals surface area contributed by atoms with Crippen LogP contribution in [0.15, 0.2) is 15.1 Å². The van der Waals surface area contributed by atoms with Crippen LogP contribution < -0.4 is 0 Å². The molecule has 0 atom stereocenters. The van der Waals surface area contributed by atoms with Crippen LogP contribution >= 0.6 is 0 Å². The van der Waals surface area contributed by atoms with Crippen molar-refractivity contribution in [3.8, 4) is 0 Å². The fraction of sp³-hybridized carbons (Fsp3) is 0.750. The van der Waals surface area contributed by atoms with Crippen molar-refractivity contribution in [1.82, 2.24) is 20.0 Å². The van der Waals surface area contributed by atoms with Crippen LogP contribution in [-0.4, -0.2) is 53.4 Å². The number of ether oxygens (including phenoxy) is 2. The van der Waals surface area contributed by atoms with E-state index in [0.29, 0.717) is 17.7 Å². The molecule has 2 aromatic heterocycles. The molecule has 0 unspecified atom stereocenters. The molecular formula is C20H28N4O4. The molecule has 4 heterocycles. The summed E-state index contributed by atoms with van der Waals surface area (Å²) >= 11 is 0. The lowest BCUT2D eigenvalue weighted by atomic mass is 9.90. The number of piperidine rings is 1. The summed E-state index contributed by atoms with van der Waals surface area (Å²) in [7, 11) is 1.74. The number of aromatic nitrogens is 3. The van der Waals surface area contributed by atoms with Crippen LogP contribution in [0.5, 0.6) is 0 Å². The smallest absolute Gasteiger partial charge is 0.258 e. The Hall–Kier alpha value is -1.77. The van der Waals surface area contributed by atoms with E-state index in [1.807, 2.05) is 6.20 Å². The Kier molecular flexibility index (Phi) is 4.94. The molecule has 152 valence electrons. The third-order valence-corrected chi connectivity index (χ3v) is 6.35. The first-order valence-electron chi connectivity index (χ1n) is 10.4. The molecule has 2 aliphatic heterocycles. The summed E-state index contributed by atoms with van der Waals surface area (Å²) in [5.41, 5.74) is -0.493. The van der Waals surface area contributed by atoms with Crippen LogP contribution in [0.25, 0.3) is 0 Å². The molecule has 0 spiro atoms. The van der Waals surface area contributed by atoms with Crippen LogP contribution in [0.4, 0.5) is 0 Å². The van der Waals surface area contributed by atoms with Gasteiger partial charge in [0.25, 0.3) is 5.89 Å². The van der Waals surface area contributed by atoms with Gasteiger partial charge in [-0.05, 0) is 38.5 Å². The molecular weight excluding hydrogens is 360 g/mol. The van der Waals surface area contributed by atoms with Gasteiger partial charge in [-0.15, -0.1) is 0 Å². The number of likely N-dealkylation sites (tertiary alicyclic amines) is 1. The molecule has 2 aromatic rings. The zero-order valence-corrected chi connectivity index (χ0v) is 16.4. The van der Waals surface area contributed by atoms with Crippen molar-refractivity contribution in [2.75, 3.05) is 33.4 Å². The highest BCUT2D eigenvalue weighted by Gasteiger charge is 2.42. The zero-order valence-electron chi connectivity index (χ0n) is 16.4. The van der Waals surface area contributed by atoms with Crippen LogP contribution in [0, 0.1) is 0 Å². The Bertz CT molecular complexity index is 786. The van der Waals surface area contributed by atoms with E-state index in [2.05, 4.69) is 15.0 Å². The third-order valence-electron chi connectivity index (χ3n) is 6.35. The van der Waals surface area contributed by atoms with E-state index in [1.165, 1.54) is 12.8 Å². The van der Waals surface area contributed by atoms with Gasteiger partial charge in [0.15, 0.2) is 11.7 Å². The predicted molar refractivity (Wildman–Crippen MR) is 98.8 cm³/mol. The molecule has 2 saturated heterocycles. The van der Waals surface area contributed by atoms with E-state index in [9.17, 15) is 0 Å². The Morgan fingerprint density at radius 3 is 2.64 bits per heavy atom. The van der Waals surface area contributed by atoms with E-state index in [1.54, 1.807) is 7.11 Å². The molecule has 3 aliphatic rings. The Morgan fingerprint density at radius 1 is 1.14 bits per heavy atom. The second-order valence-electron chi connectivity index (χ2n) is 8.26. The average Bonchev–Trinajstić information content (AvgIpc) is 3.28. The highest BCUT2D eigenvalue weighted by molar-refractivity contribution is 5.07. The van der Waals surface area contributed by atoms with Gasteiger partial charge in [0.1, 0.15) is 11.4 Å². The van der Waals surface area contributed by atoms with E-state index < -0.39 is 5.60 Å². The molecule has 1 aliphatic carbocycles. The third kappa shape index (κ3) is 3.60. The predicted octanol–water partition coefficient (Wildman–Crippen LogP) is 2.97. The number of nitrogens with zero attached hydrogens (tertiary/aromatic N) is 4. The summed E-state index contributed by atoms with van der Waals surface area (Å²) < 4.78 is 22.9. The highest BCUT2D eigenvalue weighted by atomic mass is 16.5. The van der Waals surface area contributed by atoms with Crippen LogP contribution in [0.3, 0.4) is 0 Å². The van der Waals surface area contributed by atoms with Crippen LogP contribution in [-0.2, 0) is 21.6 Å². The fourth-order valence-corrected chi connectivity index (χ4v) is 4.25. The average molecular weight is 388 g/mol. The van der Waals surface area contributed by atoms with Gasteiger partial charge in [-0.3, -0.25) is 4.90 Å². The maximum atomic E-state index is 5.92. The first kappa shape index (κ1) is 18.3. The van der Waals surface area contributed by atoms with E-state index >= 15 is 0 Å². The van der Waals surface area contributed by atoms with E-state index in [0.717, 1.165) is 76.0 Å². The lowest BCUT2D eigenvalue weighted by Crippen LogP contribution is -2.43. The summed E-state index contributed by atoms with van der Waals surface area (Å²) in [6, 6.07) is 0. The molecule has 8 heteroatoms. The van der Waals surface area contributed by atoms with Crippen molar-refractivity contribution in [2.45, 2.75) is 62.5 Å². The number of methoxy groups -OCH3 is 1. The summed E-state index contributed by atoms with van der Waals surface area (Å²) in [6.45, 7) is 4.10. The second kappa shape index (κ2) is 7.57. The molecule has 0 amide bonds. The highest BCUT2D eigenvalue weighted by Crippen LogP contribution is 2.40. The van der Waals surface area contributed by atoms with Crippen molar-refractivity contribution in [2.24, 2.45) is 0 Å². The Labute approximate surface area is 164 Å². The van der Waals surface area contributed by atoms with Crippen molar-refractivity contribution in [3.63, 3.8) is 0 Å². The van der Waals surface area contributed by atoms with Crippen molar-refractivity contribution >= 4 is 0 Å². The standard InChI is InChI=1S/C20H28N4O4/c1-25-20(19-22-17(23-28-19)14-4-10-26-11-5-14)6-8-24(9-7-20)13-16-12-21-18(27-16)15-2-3-15/h12,14-15H,2-11,13H2,1H3.